The summed E-state index contributed by atoms with van der Waals surface area (Å²) in [6.07, 6.45) is 0.661. The summed E-state index contributed by atoms with van der Waals surface area (Å²) in [5, 5.41) is 3.26. The zero-order chi connectivity index (χ0) is 17.6. The van der Waals surface area contributed by atoms with E-state index in [-0.39, 0.29) is 42.9 Å². The molecule has 1 aliphatic rings. The average Bonchev–Trinajstić information content (AvgIpc) is 2.59. The largest absolute Gasteiger partial charge is 0.493 e. The summed E-state index contributed by atoms with van der Waals surface area (Å²) in [7, 11) is -1.21. The molecule has 0 radical (unpaired) electrons. The van der Waals surface area contributed by atoms with Crippen LogP contribution in [-0.4, -0.2) is 66.8 Å². The van der Waals surface area contributed by atoms with Crippen molar-refractivity contribution < 1.29 is 22.3 Å². The molecule has 1 aromatic carbocycles. The molecule has 11 heteroatoms. The topological polar surface area (TPSA) is 79.9 Å². The van der Waals surface area contributed by atoms with Gasteiger partial charge in [-0.1, -0.05) is 0 Å². The molecule has 1 aliphatic heterocycles. The summed E-state index contributed by atoms with van der Waals surface area (Å²) in [5.41, 5.74) is 0. The van der Waals surface area contributed by atoms with Gasteiger partial charge in [-0.15, -0.1) is 24.8 Å². The first-order chi connectivity index (χ1) is 11.5. The summed E-state index contributed by atoms with van der Waals surface area (Å²) >= 11 is 0. The monoisotopic (exact) mass is 433 g/mol. The second-order valence-electron chi connectivity index (χ2n) is 5.48. The van der Waals surface area contributed by atoms with Crippen molar-refractivity contribution in [1.29, 1.82) is 0 Å². The Morgan fingerprint density at radius 2 is 1.73 bits per heavy atom. The molecular weight excluding hydrogens is 408 g/mol. The SMILES string of the molecule is COc1cc(F)c(S(=O)(=O)NCCCN2CCNCC2)cc1OC.Cl.Cl. The Morgan fingerprint density at radius 3 is 2.31 bits per heavy atom. The molecule has 152 valence electrons. The highest BCUT2D eigenvalue weighted by Gasteiger charge is 2.22. The van der Waals surface area contributed by atoms with E-state index in [1.165, 1.54) is 14.2 Å². The third-order valence-corrected chi connectivity index (χ3v) is 5.36. The second-order valence-corrected chi connectivity index (χ2v) is 7.22. The van der Waals surface area contributed by atoms with Crippen LogP contribution in [0.2, 0.25) is 0 Å². The minimum absolute atomic E-state index is 0. The van der Waals surface area contributed by atoms with Crippen LogP contribution in [0.1, 0.15) is 6.42 Å². The fourth-order valence-electron chi connectivity index (χ4n) is 2.56. The summed E-state index contributed by atoms with van der Waals surface area (Å²) < 4.78 is 51.1. The van der Waals surface area contributed by atoms with E-state index in [9.17, 15) is 12.8 Å². The van der Waals surface area contributed by atoms with Gasteiger partial charge in [0.15, 0.2) is 11.5 Å². The maximum Gasteiger partial charge on any atom is 0.243 e. The van der Waals surface area contributed by atoms with Crippen LogP contribution in [0.3, 0.4) is 0 Å². The van der Waals surface area contributed by atoms with Gasteiger partial charge in [-0.2, -0.15) is 0 Å². The third-order valence-electron chi connectivity index (χ3n) is 3.88. The highest BCUT2D eigenvalue weighted by molar-refractivity contribution is 7.89. The van der Waals surface area contributed by atoms with E-state index in [1.54, 1.807) is 0 Å². The minimum Gasteiger partial charge on any atom is -0.493 e. The lowest BCUT2D eigenvalue weighted by atomic mass is 10.3. The predicted molar refractivity (Wildman–Crippen MR) is 103 cm³/mol. The van der Waals surface area contributed by atoms with Gasteiger partial charge < -0.3 is 19.7 Å². The van der Waals surface area contributed by atoms with Crippen molar-refractivity contribution in [3.8, 4) is 11.5 Å². The quantitative estimate of drug-likeness (QED) is 0.600. The lowest BCUT2D eigenvalue weighted by molar-refractivity contribution is 0.239. The van der Waals surface area contributed by atoms with Crippen molar-refractivity contribution in [2.24, 2.45) is 0 Å². The van der Waals surface area contributed by atoms with Gasteiger partial charge >= 0.3 is 0 Å². The first kappa shape index (κ1) is 25.2. The molecular formula is C15H26Cl2FN3O4S. The molecule has 0 unspecified atom stereocenters. The number of hydrogen-bond donors (Lipinski definition) is 2. The van der Waals surface area contributed by atoms with E-state index in [0.29, 0.717) is 6.42 Å². The van der Waals surface area contributed by atoms with Gasteiger partial charge in [0, 0.05) is 44.9 Å². The molecule has 1 heterocycles. The molecule has 0 saturated carbocycles. The maximum atomic E-state index is 14.1. The number of hydrogen-bond acceptors (Lipinski definition) is 6. The smallest absolute Gasteiger partial charge is 0.243 e. The molecule has 0 atom stereocenters. The van der Waals surface area contributed by atoms with E-state index < -0.39 is 20.7 Å². The molecule has 2 rings (SSSR count). The summed E-state index contributed by atoms with van der Waals surface area (Å²) in [5.74, 6) is -0.560. The van der Waals surface area contributed by atoms with Crippen LogP contribution in [-0.2, 0) is 10.0 Å². The molecule has 0 aliphatic carbocycles. The summed E-state index contributed by atoms with van der Waals surface area (Å²) in [4.78, 5) is 1.82. The average molecular weight is 434 g/mol. The van der Waals surface area contributed by atoms with Crippen LogP contribution < -0.4 is 19.5 Å². The molecule has 1 aromatic rings. The van der Waals surface area contributed by atoms with Gasteiger partial charge in [-0.3, -0.25) is 0 Å². The van der Waals surface area contributed by atoms with E-state index in [4.69, 9.17) is 9.47 Å². The summed E-state index contributed by atoms with van der Waals surface area (Å²) in [6, 6.07) is 2.14. The molecule has 26 heavy (non-hydrogen) atoms. The molecule has 0 spiro atoms. The fourth-order valence-corrected chi connectivity index (χ4v) is 3.71. The van der Waals surface area contributed by atoms with Gasteiger partial charge in [-0.05, 0) is 13.0 Å². The molecule has 0 bridgehead atoms. The molecule has 0 aromatic heterocycles. The molecule has 7 nitrogen and oxygen atoms in total. The maximum absolute atomic E-state index is 14.1. The Hall–Kier alpha value is -0.840. The van der Waals surface area contributed by atoms with Crippen LogP contribution in [0.4, 0.5) is 4.39 Å². The number of sulfonamides is 1. The van der Waals surface area contributed by atoms with Gasteiger partial charge in [0.1, 0.15) is 10.7 Å². The zero-order valence-corrected chi connectivity index (χ0v) is 17.2. The molecule has 2 N–H and O–H groups in total. The Morgan fingerprint density at radius 1 is 1.15 bits per heavy atom. The zero-order valence-electron chi connectivity index (χ0n) is 14.8. The second kappa shape index (κ2) is 11.8. The van der Waals surface area contributed by atoms with E-state index in [1.807, 2.05) is 0 Å². The molecule has 0 amide bonds. The summed E-state index contributed by atoms with van der Waals surface area (Å²) in [6.45, 7) is 4.86. The number of ether oxygens (including phenoxy) is 2. The molecule has 1 saturated heterocycles. The van der Waals surface area contributed by atoms with Gasteiger partial charge in [0.25, 0.3) is 0 Å². The number of nitrogens with one attached hydrogen (secondary N) is 2. The Labute approximate surface area is 166 Å². The number of benzene rings is 1. The van der Waals surface area contributed by atoms with E-state index in [2.05, 4.69) is 14.9 Å². The Kier molecular flexibility index (Phi) is 11.4. The van der Waals surface area contributed by atoms with Crippen LogP contribution in [0, 0.1) is 5.82 Å². The lowest BCUT2D eigenvalue weighted by Crippen LogP contribution is -2.44. The predicted octanol–water partition coefficient (Wildman–Crippen LogP) is 1.26. The number of methoxy groups -OCH3 is 2. The third kappa shape index (κ3) is 6.71. The minimum atomic E-state index is -3.94. The van der Waals surface area contributed by atoms with Gasteiger partial charge in [0.2, 0.25) is 10.0 Å². The standard InChI is InChI=1S/C15H24FN3O4S.2ClH/c1-22-13-10-12(16)15(11-14(13)23-2)24(20,21)18-4-3-7-19-8-5-17-6-9-19;;/h10-11,17-18H,3-9H2,1-2H3;2*1H. The van der Waals surface area contributed by atoms with Crippen LogP contribution in [0.25, 0.3) is 0 Å². The Bertz CT molecular complexity index is 659. The highest BCUT2D eigenvalue weighted by Crippen LogP contribution is 2.31. The van der Waals surface area contributed by atoms with Crippen molar-refractivity contribution in [3.63, 3.8) is 0 Å². The number of rotatable bonds is 8. The van der Waals surface area contributed by atoms with Gasteiger partial charge in [0.05, 0.1) is 14.2 Å². The van der Waals surface area contributed by atoms with Crippen LogP contribution >= 0.6 is 24.8 Å². The van der Waals surface area contributed by atoms with Crippen molar-refractivity contribution in [3.05, 3.63) is 17.9 Å². The van der Waals surface area contributed by atoms with Crippen molar-refractivity contribution in [2.75, 3.05) is 53.5 Å². The first-order valence-electron chi connectivity index (χ1n) is 7.82. The first-order valence-corrected chi connectivity index (χ1v) is 9.30. The number of piperazine rings is 1. The molecule has 1 fully saturated rings. The van der Waals surface area contributed by atoms with E-state index >= 15 is 0 Å². The lowest BCUT2D eigenvalue weighted by Gasteiger charge is -2.27. The highest BCUT2D eigenvalue weighted by atomic mass is 35.5. The Balaban J connectivity index is 0.00000312. The number of nitrogens with zero attached hydrogens (tertiary/aromatic N) is 1. The van der Waals surface area contributed by atoms with Crippen LogP contribution in [0.5, 0.6) is 11.5 Å². The van der Waals surface area contributed by atoms with Crippen molar-refractivity contribution >= 4 is 34.8 Å². The van der Waals surface area contributed by atoms with Crippen molar-refractivity contribution in [1.82, 2.24) is 14.9 Å². The van der Waals surface area contributed by atoms with E-state index in [0.717, 1.165) is 44.9 Å². The number of halogens is 3. The fraction of sp³-hybridized carbons (Fsp3) is 0.600. The van der Waals surface area contributed by atoms with Crippen molar-refractivity contribution in [2.45, 2.75) is 11.3 Å². The van der Waals surface area contributed by atoms with Gasteiger partial charge in [-0.25, -0.2) is 17.5 Å². The van der Waals surface area contributed by atoms with Crippen LogP contribution in [0.15, 0.2) is 17.0 Å². The normalized spacial score (nSPS) is 14.9.